The molecule has 0 saturated carbocycles. The molecule has 2 bridgehead atoms. The van der Waals surface area contributed by atoms with Crippen molar-refractivity contribution in [1.29, 1.82) is 0 Å². The van der Waals surface area contributed by atoms with E-state index in [4.69, 9.17) is 0 Å². The lowest BCUT2D eigenvalue weighted by atomic mass is 9.99. The molecule has 1 heterocycles. The normalized spacial score (nSPS) is 30.4. The molecule has 0 fully saturated rings. The topological polar surface area (TPSA) is 63.7 Å². The van der Waals surface area contributed by atoms with Crippen LogP contribution >= 0.6 is 0 Å². The maximum atomic E-state index is 11.9. The third-order valence-electron chi connectivity index (χ3n) is 3.16. The molecule has 0 spiro atoms. The summed E-state index contributed by atoms with van der Waals surface area (Å²) in [5.41, 5.74) is 1.03. The van der Waals surface area contributed by atoms with Gasteiger partial charge in [0.1, 0.15) is 0 Å². The zero-order chi connectivity index (χ0) is 11.4. The fourth-order valence-corrected chi connectivity index (χ4v) is 2.60. The zero-order valence-corrected chi connectivity index (χ0v) is 8.60. The molecule has 5 heteroatoms. The number of hydrogen-bond acceptors (Lipinski definition) is 4. The van der Waals surface area contributed by atoms with E-state index >= 15 is 0 Å². The van der Waals surface area contributed by atoms with Crippen molar-refractivity contribution in [3.8, 4) is 0 Å². The lowest BCUT2D eigenvalue weighted by Crippen LogP contribution is -2.35. The van der Waals surface area contributed by atoms with Gasteiger partial charge in [0.05, 0.1) is 0 Å². The maximum absolute atomic E-state index is 11.9. The molecule has 0 radical (unpaired) electrons. The van der Waals surface area contributed by atoms with E-state index in [0.29, 0.717) is 16.2 Å². The maximum Gasteiger partial charge on any atom is 0.330 e. The fourth-order valence-electron chi connectivity index (χ4n) is 2.60. The molecule has 3 aliphatic rings. The molecule has 0 aromatic carbocycles. The van der Waals surface area contributed by atoms with Crippen LogP contribution in [-0.2, 0) is 19.2 Å². The molecule has 1 aliphatic heterocycles. The van der Waals surface area contributed by atoms with Gasteiger partial charge in [0.2, 0.25) is 0 Å². The summed E-state index contributed by atoms with van der Waals surface area (Å²) in [5.74, 6) is -1.57. The monoisotopic (exact) mass is 219 g/mol. The number of carbonyl (C=O) groups excluding carboxylic acids is 3. The molecular formula is C11H9NO4. The van der Waals surface area contributed by atoms with Crippen LogP contribution in [0.5, 0.6) is 0 Å². The van der Waals surface area contributed by atoms with Gasteiger partial charge in [-0.2, -0.15) is 0 Å². The molecule has 3 rings (SSSR count). The van der Waals surface area contributed by atoms with Gasteiger partial charge in [-0.15, -0.1) is 0 Å². The molecule has 5 nitrogen and oxygen atoms in total. The summed E-state index contributed by atoms with van der Waals surface area (Å²) in [6, 6.07) is 0. The van der Waals surface area contributed by atoms with Crippen LogP contribution in [0.1, 0.15) is 13.3 Å². The number of carbonyl (C=O) groups is 3. The first-order valence-corrected chi connectivity index (χ1v) is 5.09. The molecule has 2 aliphatic carbocycles. The number of hydrogen-bond donors (Lipinski definition) is 0. The van der Waals surface area contributed by atoms with Crippen molar-refractivity contribution in [2.24, 2.45) is 11.8 Å². The lowest BCUT2D eigenvalue weighted by molar-refractivity contribution is -0.195. The summed E-state index contributed by atoms with van der Waals surface area (Å²) in [4.78, 5) is 39.1. The first-order valence-electron chi connectivity index (χ1n) is 5.09. The van der Waals surface area contributed by atoms with Crippen molar-refractivity contribution in [2.75, 3.05) is 0 Å². The van der Waals surface area contributed by atoms with Gasteiger partial charge in [0.25, 0.3) is 11.8 Å². The van der Waals surface area contributed by atoms with Gasteiger partial charge in [0, 0.05) is 29.9 Å². The Kier molecular flexibility index (Phi) is 1.64. The van der Waals surface area contributed by atoms with Crippen LogP contribution in [0.4, 0.5) is 0 Å². The molecule has 2 unspecified atom stereocenters. The van der Waals surface area contributed by atoms with Gasteiger partial charge in [-0.25, -0.2) is 4.79 Å². The average Bonchev–Trinajstić information content (AvgIpc) is 2.87. The van der Waals surface area contributed by atoms with E-state index in [0.717, 1.165) is 13.3 Å². The molecule has 2 atom stereocenters. The van der Waals surface area contributed by atoms with Crippen molar-refractivity contribution in [1.82, 2.24) is 5.06 Å². The Morgan fingerprint density at radius 3 is 2.19 bits per heavy atom. The molecular weight excluding hydrogens is 210 g/mol. The molecule has 0 saturated heterocycles. The van der Waals surface area contributed by atoms with E-state index in [2.05, 4.69) is 4.84 Å². The van der Waals surface area contributed by atoms with Gasteiger partial charge in [-0.05, 0) is 6.42 Å². The van der Waals surface area contributed by atoms with E-state index in [1.807, 2.05) is 12.2 Å². The smallest absolute Gasteiger partial charge is 0.330 e. The minimum atomic E-state index is -0.664. The standard InChI is InChI=1S/C11H9NO4/c1-5(13)16-12-10(14)8-6-2-3-7(4-6)9(8)11(12)15/h2-3,6-7H,4H2,1H3. The SMILES string of the molecule is CC(=O)ON1C(=O)C2=C(C1=O)C1C=CC2C1. The highest BCUT2D eigenvalue weighted by Gasteiger charge is 2.51. The summed E-state index contributed by atoms with van der Waals surface area (Å²) in [7, 11) is 0. The van der Waals surface area contributed by atoms with E-state index < -0.39 is 17.8 Å². The summed E-state index contributed by atoms with van der Waals surface area (Å²) < 4.78 is 0. The Labute approximate surface area is 91.3 Å². The number of imide groups is 1. The first-order chi connectivity index (χ1) is 7.59. The Morgan fingerprint density at radius 2 is 1.75 bits per heavy atom. The van der Waals surface area contributed by atoms with Gasteiger partial charge >= 0.3 is 5.97 Å². The number of amides is 2. The number of rotatable bonds is 1. The highest BCUT2D eigenvalue weighted by molar-refractivity contribution is 6.20. The Hall–Kier alpha value is -1.91. The molecule has 16 heavy (non-hydrogen) atoms. The summed E-state index contributed by atoms with van der Waals surface area (Å²) in [5, 5.41) is 0.582. The minimum Gasteiger partial charge on any atom is -0.330 e. The number of fused-ring (bicyclic) bond motifs is 4. The van der Waals surface area contributed by atoms with Crippen molar-refractivity contribution in [3.63, 3.8) is 0 Å². The Bertz CT molecular complexity index is 454. The quantitative estimate of drug-likeness (QED) is 0.471. The van der Waals surface area contributed by atoms with E-state index in [9.17, 15) is 14.4 Å². The van der Waals surface area contributed by atoms with Gasteiger partial charge in [-0.1, -0.05) is 17.2 Å². The highest BCUT2D eigenvalue weighted by Crippen LogP contribution is 2.48. The Morgan fingerprint density at radius 1 is 1.25 bits per heavy atom. The number of allylic oxidation sites excluding steroid dienone is 2. The number of hydroxylamine groups is 2. The largest absolute Gasteiger partial charge is 0.330 e. The molecule has 0 aromatic rings. The molecule has 2 amide bonds. The lowest BCUT2D eigenvalue weighted by Gasteiger charge is -2.15. The fraction of sp³-hybridized carbons (Fsp3) is 0.364. The van der Waals surface area contributed by atoms with E-state index in [-0.39, 0.29) is 11.8 Å². The van der Waals surface area contributed by atoms with Crippen LogP contribution in [0.3, 0.4) is 0 Å². The van der Waals surface area contributed by atoms with Crippen LogP contribution in [0.15, 0.2) is 23.3 Å². The second-order valence-corrected chi connectivity index (χ2v) is 4.15. The van der Waals surface area contributed by atoms with Crippen LogP contribution in [0.25, 0.3) is 0 Å². The Balaban J connectivity index is 1.96. The molecule has 0 aromatic heterocycles. The first kappa shape index (κ1) is 9.33. The molecule has 82 valence electrons. The summed E-state index contributed by atoms with van der Waals surface area (Å²) in [6.45, 7) is 1.16. The van der Waals surface area contributed by atoms with E-state index in [1.165, 1.54) is 0 Å². The van der Waals surface area contributed by atoms with Gasteiger partial charge in [-0.3, -0.25) is 9.59 Å². The third-order valence-corrected chi connectivity index (χ3v) is 3.16. The van der Waals surface area contributed by atoms with Crippen molar-refractivity contribution < 1.29 is 19.2 Å². The van der Waals surface area contributed by atoms with Crippen LogP contribution < -0.4 is 0 Å². The third kappa shape index (κ3) is 0.973. The predicted molar refractivity (Wildman–Crippen MR) is 51.4 cm³/mol. The van der Waals surface area contributed by atoms with Crippen molar-refractivity contribution in [2.45, 2.75) is 13.3 Å². The van der Waals surface area contributed by atoms with Crippen molar-refractivity contribution >= 4 is 17.8 Å². The van der Waals surface area contributed by atoms with Crippen LogP contribution in [0, 0.1) is 11.8 Å². The van der Waals surface area contributed by atoms with Gasteiger partial charge in [0.15, 0.2) is 0 Å². The average molecular weight is 219 g/mol. The summed E-state index contributed by atoms with van der Waals surface area (Å²) in [6.07, 6.45) is 4.67. The second kappa shape index (κ2) is 2.81. The highest BCUT2D eigenvalue weighted by atomic mass is 16.7. The number of nitrogens with zero attached hydrogens (tertiary/aromatic N) is 1. The van der Waals surface area contributed by atoms with Crippen molar-refractivity contribution in [3.05, 3.63) is 23.3 Å². The van der Waals surface area contributed by atoms with Gasteiger partial charge < -0.3 is 4.84 Å². The van der Waals surface area contributed by atoms with Crippen LogP contribution in [-0.4, -0.2) is 22.8 Å². The minimum absolute atomic E-state index is 0.0250. The zero-order valence-electron chi connectivity index (χ0n) is 8.60. The predicted octanol–water partition coefficient (Wildman–Crippen LogP) is 0.336. The van der Waals surface area contributed by atoms with E-state index in [1.54, 1.807) is 0 Å². The summed E-state index contributed by atoms with van der Waals surface area (Å²) >= 11 is 0. The molecule has 0 N–H and O–H groups in total. The second-order valence-electron chi connectivity index (χ2n) is 4.15. The van der Waals surface area contributed by atoms with Crippen LogP contribution in [0.2, 0.25) is 0 Å².